The van der Waals surface area contributed by atoms with Gasteiger partial charge in [0, 0.05) is 25.8 Å². The van der Waals surface area contributed by atoms with Crippen molar-refractivity contribution in [3.05, 3.63) is 60.7 Å². The third-order valence-electron chi connectivity index (χ3n) is 6.07. The van der Waals surface area contributed by atoms with Crippen molar-refractivity contribution in [1.82, 2.24) is 23.4 Å². The van der Waals surface area contributed by atoms with E-state index in [2.05, 4.69) is 20.4 Å². The number of fused-ring (bicyclic) bond motifs is 1. The fourth-order valence-corrected chi connectivity index (χ4v) is 6.78. The summed E-state index contributed by atoms with van der Waals surface area (Å²) in [5.74, 6) is -0.766. The van der Waals surface area contributed by atoms with Crippen molar-refractivity contribution in [1.29, 1.82) is 0 Å². The van der Waals surface area contributed by atoms with Gasteiger partial charge in [-0.3, -0.25) is 9.10 Å². The number of amidine groups is 1. The first-order chi connectivity index (χ1) is 17.5. The number of carbonyl (C=O) groups excluding carboxylic acids is 1. The van der Waals surface area contributed by atoms with Crippen LogP contribution in [0.2, 0.25) is 0 Å². The number of hydrogen-bond donors (Lipinski definition) is 1. The van der Waals surface area contributed by atoms with E-state index in [1.54, 1.807) is 45.0 Å². The van der Waals surface area contributed by atoms with Gasteiger partial charge < -0.3 is 5.32 Å². The molecule has 2 heterocycles. The second-order valence-electron chi connectivity index (χ2n) is 8.24. The Morgan fingerprint density at radius 2 is 1.84 bits per heavy atom. The maximum absolute atomic E-state index is 13.7. The molecule has 12 nitrogen and oxygen atoms in total. The number of aryl methyl sites for hydroxylation is 1. The van der Waals surface area contributed by atoms with Gasteiger partial charge in [0.15, 0.2) is 11.9 Å². The molecule has 3 aromatic rings. The molecule has 1 aromatic heterocycles. The van der Waals surface area contributed by atoms with Gasteiger partial charge in [0.1, 0.15) is 17.6 Å². The molecular formula is C23H27N7O5S2. The highest BCUT2D eigenvalue weighted by Crippen LogP contribution is 2.34. The van der Waals surface area contributed by atoms with Crippen LogP contribution < -0.4 is 5.32 Å². The summed E-state index contributed by atoms with van der Waals surface area (Å²) in [7, 11) is -6.45. The molecule has 1 amide bonds. The van der Waals surface area contributed by atoms with E-state index in [-0.39, 0.29) is 27.0 Å². The van der Waals surface area contributed by atoms with Crippen LogP contribution in [0.1, 0.15) is 25.5 Å². The van der Waals surface area contributed by atoms with Crippen LogP contribution in [0.15, 0.2) is 69.9 Å². The number of para-hydroxylation sites is 1. The number of carbonyl (C=O) groups is 1. The fraction of sp³-hybridized carbons (Fsp3) is 0.304. The van der Waals surface area contributed by atoms with Crippen LogP contribution in [0.3, 0.4) is 0 Å². The van der Waals surface area contributed by atoms with Crippen LogP contribution in [0.25, 0.3) is 0 Å². The van der Waals surface area contributed by atoms with Gasteiger partial charge >= 0.3 is 0 Å². The number of rotatable bonds is 8. The molecule has 1 N–H and O–H groups in total. The highest BCUT2D eigenvalue weighted by atomic mass is 32.2. The Hall–Kier alpha value is -3.62. The molecule has 1 aliphatic rings. The number of benzene rings is 2. The smallest absolute Gasteiger partial charge is 0.267 e. The molecule has 0 spiro atoms. The minimum atomic E-state index is -3.99. The molecule has 2 aromatic carbocycles. The van der Waals surface area contributed by atoms with Crippen LogP contribution >= 0.6 is 0 Å². The summed E-state index contributed by atoms with van der Waals surface area (Å²) in [4.78, 5) is 22.1. The van der Waals surface area contributed by atoms with E-state index >= 15 is 0 Å². The van der Waals surface area contributed by atoms with Gasteiger partial charge in [0.05, 0.1) is 10.6 Å². The van der Waals surface area contributed by atoms with Crippen LogP contribution in [0.5, 0.6) is 0 Å². The highest BCUT2D eigenvalue weighted by molar-refractivity contribution is 7.90. The number of aliphatic imine (C=N–C) groups is 1. The van der Waals surface area contributed by atoms with Crippen molar-refractivity contribution in [3.63, 3.8) is 0 Å². The lowest BCUT2D eigenvalue weighted by Crippen LogP contribution is -2.45. The van der Waals surface area contributed by atoms with Crippen molar-refractivity contribution >= 4 is 43.2 Å². The van der Waals surface area contributed by atoms with E-state index < -0.39 is 32.0 Å². The topological polar surface area (TPSA) is 147 Å². The summed E-state index contributed by atoms with van der Waals surface area (Å²) in [6, 6.07) is 9.37. The van der Waals surface area contributed by atoms with E-state index in [0.717, 1.165) is 4.31 Å². The number of amides is 1. The van der Waals surface area contributed by atoms with Crippen LogP contribution in [0, 0.1) is 6.92 Å². The normalized spacial score (nSPS) is 15.7. The molecule has 0 radical (unpaired) electrons. The van der Waals surface area contributed by atoms with Gasteiger partial charge in [0.25, 0.3) is 15.9 Å². The predicted molar refractivity (Wildman–Crippen MR) is 137 cm³/mol. The van der Waals surface area contributed by atoms with Crippen molar-refractivity contribution in [2.24, 2.45) is 4.99 Å². The summed E-state index contributed by atoms with van der Waals surface area (Å²) in [6.07, 6.45) is 2.50. The van der Waals surface area contributed by atoms with E-state index in [1.807, 2.05) is 0 Å². The fourth-order valence-electron chi connectivity index (χ4n) is 3.98. The molecule has 0 saturated heterocycles. The van der Waals surface area contributed by atoms with Gasteiger partial charge in [-0.25, -0.2) is 31.5 Å². The molecule has 196 valence electrons. The maximum Gasteiger partial charge on any atom is 0.267 e. The lowest BCUT2D eigenvalue weighted by molar-refractivity contribution is -0.117. The first-order valence-electron chi connectivity index (χ1n) is 11.4. The van der Waals surface area contributed by atoms with Crippen molar-refractivity contribution in [3.8, 4) is 0 Å². The zero-order valence-electron chi connectivity index (χ0n) is 20.7. The van der Waals surface area contributed by atoms with E-state index in [0.29, 0.717) is 18.7 Å². The third kappa shape index (κ3) is 4.74. The van der Waals surface area contributed by atoms with Gasteiger partial charge in [-0.2, -0.15) is 9.40 Å². The number of hydrogen-bond acceptors (Lipinski definition) is 8. The Balaban J connectivity index is 1.77. The van der Waals surface area contributed by atoms with E-state index in [9.17, 15) is 21.6 Å². The van der Waals surface area contributed by atoms with Crippen LogP contribution in [-0.4, -0.2) is 72.1 Å². The monoisotopic (exact) mass is 545 g/mol. The molecule has 37 heavy (non-hydrogen) atoms. The first-order valence-corrected chi connectivity index (χ1v) is 14.3. The Bertz CT molecular complexity index is 1560. The minimum Gasteiger partial charge on any atom is -0.324 e. The second kappa shape index (κ2) is 10.0. The molecule has 0 aliphatic carbocycles. The highest BCUT2D eigenvalue weighted by Gasteiger charge is 2.39. The zero-order valence-corrected chi connectivity index (χ0v) is 22.4. The summed E-state index contributed by atoms with van der Waals surface area (Å²) < 4.78 is 55.9. The molecule has 0 bridgehead atoms. The molecular weight excluding hydrogens is 518 g/mol. The Kier molecular flexibility index (Phi) is 7.17. The summed E-state index contributed by atoms with van der Waals surface area (Å²) in [5.41, 5.74) is 1.06. The average molecular weight is 546 g/mol. The average Bonchev–Trinajstić information content (AvgIpc) is 3.39. The quantitative estimate of drug-likeness (QED) is 0.456. The van der Waals surface area contributed by atoms with Crippen LogP contribution in [-0.2, 0) is 24.8 Å². The Morgan fingerprint density at radius 1 is 1.14 bits per heavy atom. The largest absolute Gasteiger partial charge is 0.324 e. The number of nitrogens with zero attached hydrogens (tertiary/aromatic N) is 6. The number of nitrogens with one attached hydrogen (secondary N) is 1. The molecule has 14 heteroatoms. The standard InChI is InChI=1S/C23H27N7O5S2/c1-5-29(6-2)36(32,33)17-12-11-16(3)19(13-17)27-23(31)21(30-15-24-14-25-30)22-26-18-9-7-8-10-20(18)37(34,35)28(22)4/h7-15,21H,5-6H2,1-4H3,(H,27,31). The SMILES string of the molecule is CCN(CC)S(=O)(=O)c1ccc(C)c(NC(=O)C(C2=Nc3ccccc3S(=O)(=O)N2C)n2cncn2)c1. The number of aromatic nitrogens is 3. The summed E-state index contributed by atoms with van der Waals surface area (Å²) in [5, 5.41) is 6.80. The Labute approximate surface area is 215 Å². The predicted octanol–water partition coefficient (Wildman–Crippen LogP) is 2.16. The molecule has 0 saturated carbocycles. The lowest BCUT2D eigenvalue weighted by Gasteiger charge is -2.30. The van der Waals surface area contributed by atoms with Crippen molar-refractivity contribution in [2.75, 3.05) is 25.5 Å². The van der Waals surface area contributed by atoms with Crippen molar-refractivity contribution < 1.29 is 21.6 Å². The number of likely N-dealkylation sites (N-methyl/N-ethyl adjacent to an activating group) is 1. The Morgan fingerprint density at radius 3 is 2.49 bits per heavy atom. The summed E-state index contributed by atoms with van der Waals surface area (Å²) in [6.45, 7) is 5.80. The molecule has 1 unspecified atom stereocenters. The molecule has 0 fully saturated rings. The van der Waals surface area contributed by atoms with Gasteiger partial charge in [-0.15, -0.1) is 0 Å². The van der Waals surface area contributed by atoms with Gasteiger partial charge in [-0.05, 0) is 36.8 Å². The second-order valence-corrected chi connectivity index (χ2v) is 12.1. The zero-order chi connectivity index (χ0) is 27.0. The van der Waals surface area contributed by atoms with Gasteiger partial charge in [-0.1, -0.05) is 32.0 Å². The number of anilines is 1. The molecule has 1 aliphatic heterocycles. The lowest BCUT2D eigenvalue weighted by atomic mass is 10.1. The maximum atomic E-state index is 13.7. The number of sulfonamides is 2. The van der Waals surface area contributed by atoms with E-state index in [1.165, 1.54) is 46.9 Å². The van der Waals surface area contributed by atoms with Crippen LogP contribution in [0.4, 0.5) is 11.4 Å². The minimum absolute atomic E-state index is 0.0177. The summed E-state index contributed by atoms with van der Waals surface area (Å²) >= 11 is 0. The third-order valence-corrected chi connectivity index (χ3v) is 9.92. The van der Waals surface area contributed by atoms with Gasteiger partial charge in [0.2, 0.25) is 10.0 Å². The molecule has 4 rings (SSSR count). The van der Waals surface area contributed by atoms with Crippen molar-refractivity contribution in [2.45, 2.75) is 36.6 Å². The van der Waals surface area contributed by atoms with E-state index in [4.69, 9.17) is 0 Å². The molecule has 1 atom stereocenters. The first kappa shape index (κ1) is 26.4.